The molecule has 0 aliphatic heterocycles. The number of aryl methyl sites for hydroxylation is 1. The average molecular weight is 292 g/mol. The summed E-state index contributed by atoms with van der Waals surface area (Å²) in [5, 5.41) is 9.06. The first kappa shape index (κ1) is 18.0. The maximum Gasteiger partial charge on any atom is 0.171 e. The first-order chi connectivity index (χ1) is 10.2. The molecule has 1 aromatic rings. The molecular formula is C19H32O2. The van der Waals surface area contributed by atoms with Crippen LogP contribution < -0.4 is 4.89 Å². The van der Waals surface area contributed by atoms with Gasteiger partial charge in [0.25, 0.3) is 0 Å². The quantitative estimate of drug-likeness (QED) is 0.287. The Bertz CT molecular complexity index is 387. The van der Waals surface area contributed by atoms with E-state index in [0.717, 1.165) is 17.5 Å². The molecule has 21 heavy (non-hydrogen) atoms. The molecule has 1 N–H and O–H groups in total. The van der Waals surface area contributed by atoms with Crippen molar-refractivity contribution >= 4 is 0 Å². The predicted molar refractivity (Wildman–Crippen MR) is 90.1 cm³/mol. The van der Waals surface area contributed by atoms with E-state index in [4.69, 9.17) is 5.26 Å². The second-order valence-corrected chi connectivity index (χ2v) is 6.25. The second-order valence-electron chi connectivity index (χ2n) is 6.25. The van der Waals surface area contributed by atoms with Crippen LogP contribution in [0.25, 0.3) is 0 Å². The summed E-state index contributed by atoms with van der Waals surface area (Å²) in [6, 6.07) is 6.07. The van der Waals surface area contributed by atoms with Gasteiger partial charge in [0.2, 0.25) is 0 Å². The van der Waals surface area contributed by atoms with E-state index in [1.165, 1.54) is 51.4 Å². The molecule has 120 valence electrons. The summed E-state index contributed by atoms with van der Waals surface area (Å²) >= 11 is 0. The molecule has 0 aliphatic rings. The topological polar surface area (TPSA) is 29.5 Å². The van der Waals surface area contributed by atoms with Gasteiger partial charge in [-0.2, -0.15) is 0 Å². The first-order valence-corrected chi connectivity index (χ1v) is 8.61. The van der Waals surface area contributed by atoms with E-state index in [1.54, 1.807) is 0 Å². The largest absolute Gasteiger partial charge is 0.340 e. The van der Waals surface area contributed by atoms with Crippen molar-refractivity contribution in [2.45, 2.75) is 84.5 Å². The van der Waals surface area contributed by atoms with Crippen LogP contribution in [0, 0.1) is 6.92 Å². The van der Waals surface area contributed by atoms with E-state index >= 15 is 0 Å². The van der Waals surface area contributed by atoms with Crippen LogP contribution in [-0.2, 0) is 0 Å². The summed E-state index contributed by atoms with van der Waals surface area (Å²) < 4.78 is 0. The number of rotatable bonds is 11. The van der Waals surface area contributed by atoms with Crippen molar-refractivity contribution in [1.82, 2.24) is 0 Å². The van der Waals surface area contributed by atoms with E-state index in [9.17, 15) is 0 Å². The van der Waals surface area contributed by atoms with Crippen LogP contribution in [0.5, 0.6) is 5.75 Å². The van der Waals surface area contributed by atoms with Gasteiger partial charge in [0.1, 0.15) is 0 Å². The molecule has 1 unspecified atom stereocenters. The molecular weight excluding hydrogens is 260 g/mol. The molecule has 0 spiro atoms. The van der Waals surface area contributed by atoms with Crippen LogP contribution in [-0.4, -0.2) is 5.26 Å². The fourth-order valence-corrected chi connectivity index (χ4v) is 2.93. The Morgan fingerprint density at radius 3 is 2.24 bits per heavy atom. The van der Waals surface area contributed by atoms with Crippen molar-refractivity contribution in [1.29, 1.82) is 0 Å². The number of benzene rings is 1. The minimum Gasteiger partial charge on any atom is -0.340 e. The normalized spacial score (nSPS) is 12.4. The summed E-state index contributed by atoms with van der Waals surface area (Å²) in [4.78, 5) is 4.58. The average Bonchev–Trinajstić information content (AvgIpc) is 2.49. The Balaban J connectivity index is 2.25. The molecule has 0 heterocycles. The van der Waals surface area contributed by atoms with Crippen molar-refractivity contribution in [2.75, 3.05) is 0 Å². The number of hydrogen-bond acceptors (Lipinski definition) is 2. The summed E-state index contributed by atoms with van der Waals surface area (Å²) in [6.07, 6.45) is 12.0. The molecule has 0 amide bonds. The molecule has 0 saturated heterocycles. The highest BCUT2D eigenvalue weighted by Crippen LogP contribution is 2.32. The highest BCUT2D eigenvalue weighted by molar-refractivity contribution is 5.42. The summed E-state index contributed by atoms with van der Waals surface area (Å²) in [5.41, 5.74) is 2.12. The zero-order valence-electron chi connectivity index (χ0n) is 14.0. The molecule has 2 nitrogen and oxygen atoms in total. The van der Waals surface area contributed by atoms with Crippen molar-refractivity contribution in [3.05, 3.63) is 29.3 Å². The lowest BCUT2D eigenvalue weighted by Crippen LogP contribution is -2.00. The Morgan fingerprint density at radius 2 is 1.62 bits per heavy atom. The molecule has 2 heteroatoms. The maximum absolute atomic E-state index is 9.06. The molecule has 0 aliphatic carbocycles. The van der Waals surface area contributed by atoms with Gasteiger partial charge in [-0.15, -0.1) is 0 Å². The minimum atomic E-state index is 0.437. The van der Waals surface area contributed by atoms with Crippen LogP contribution in [0.15, 0.2) is 18.2 Å². The van der Waals surface area contributed by atoms with Crippen LogP contribution in [0.3, 0.4) is 0 Å². The standard InChI is InChI=1S/C19H32O2/c1-4-5-6-7-8-9-10-11-13-16(2)18-15-12-14-17(3)19(18)21-20/h12,14-16,20H,4-11,13H2,1-3H3. The predicted octanol–water partition coefficient (Wildman–Crippen LogP) is 6.48. The van der Waals surface area contributed by atoms with E-state index < -0.39 is 0 Å². The van der Waals surface area contributed by atoms with Gasteiger partial charge in [0.05, 0.1) is 0 Å². The van der Waals surface area contributed by atoms with E-state index in [1.807, 2.05) is 19.1 Å². The summed E-state index contributed by atoms with van der Waals surface area (Å²) in [5.74, 6) is 1.08. The lowest BCUT2D eigenvalue weighted by molar-refractivity contribution is -0.139. The number of para-hydroxylation sites is 1. The third-order valence-electron chi connectivity index (χ3n) is 4.36. The van der Waals surface area contributed by atoms with Crippen molar-refractivity contribution in [3.8, 4) is 5.75 Å². The molecule has 0 bridgehead atoms. The SMILES string of the molecule is CCCCCCCCCCC(C)c1cccc(C)c1OO. The van der Waals surface area contributed by atoms with Crippen LogP contribution in [0.4, 0.5) is 0 Å². The summed E-state index contributed by atoms with van der Waals surface area (Å²) in [7, 11) is 0. The van der Waals surface area contributed by atoms with Gasteiger partial charge in [-0.3, -0.25) is 0 Å². The minimum absolute atomic E-state index is 0.437. The van der Waals surface area contributed by atoms with Crippen LogP contribution in [0.2, 0.25) is 0 Å². The molecule has 1 atom stereocenters. The smallest absolute Gasteiger partial charge is 0.171 e. The number of unbranched alkanes of at least 4 members (excludes halogenated alkanes) is 7. The molecule has 0 aromatic heterocycles. The van der Waals surface area contributed by atoms with E-state index in [-0.39, 0.29) is 0 Å². The van der Waals surface area contributed by atoms with Gasteiger partial charge in [0.15, 0.2) is 5.75 Å². The van der Waals surface area contributed by atoms with Crippen LogP contribution in [0.1, 0.15) is 88.7 Å². The van der Waals surface area contributed by atoms with Crippen LogP contribution >= 0.6 is 0 Å². The molecule has 0 fully saturated rings. The van der Waals surface area contributed by atoms with Gasteiger partial charge >= 0.3 is 0 Å². The Morgan fingerprint density at radius 1 is 1.00 bits per heavy atom. The van der Waals surface area contributed by atoms with Crippen molar-refractivity contribution in [2.24, 2.45) is 0 Å². The first-order valence-electron chi connectivity index (χ1n) is 8.61. The fraction of sp³-hybridized carbons (Fsp3) is 0.684. The van der Waals surface area contributed by atoms with Gasteiger partial charge in [-0.25, -0.2) is 5.26 Å². The number of hydrogen-bond donors (Lipinski definition) is 1. The van der Waals surface area contributed by atoms with E-state index in [0.29, 0.717) is 11.7 Å². The molecule has 0 radical (unpaired) electrons. The third kappa shape index (κ3) is 6.52. The van der Waals surface area contributed by atoms with Gasteiger partial charge in [-0.05, 0) is 24.8 Å². The Kier molecular flexibility index (Phi) is 9.16. The highest BCUT2D eigenvalue weighted by Gasteiger charge is 2.13. The lowest BCUT2D eigenvalue weighted by Gasteiger charge is -2.16. The molecule has 1 rings (SSSR count). The van der Waals surface area contributed by atoms with Gasteiger partial charge in [0, 0.05) is 5.56 Å². The lowest BCUT2D eigenvalue weighted by atomic mass is 9.92. The van der Waals surface area contributed by atoms with Crippen molar-refractivity contribution in [3.63, 3.8) is 0 Å². The van der Waals surface area contributed by atoms with Crippen molar-refractivity contribution < 1.29 is 10.1 Å². The Hall–Kier alpha value is -1.02. The van der Waals surface area contributed by atoms with E-state index in [2.05, 4.69) is 24.8 Å². The second kappa shape index (κ2) is 10.7. The zero-order chi connectivity index (χ0) is 15.5. The zero-order valence-corrected chi connectivity index (χ0v) is 14.0. The molecule has 1 aromatic carbocycles. The third-order valence-corrected chi connectivity index (χ3v) is 4.36. The monoisotopic (exact) mass is 292 g/mol. The maximum atomic E-state index is 9.06. The highest BCUT2D eigenvalue weighted by atomic mass is 17.1. The fourth-order valence-electron chi connectivity index (χ4n) is 2.93. The van der Waals surface area contributed by atoms with Gasteiger partial charge in [-0.1, -0.05) is 83.4 Å². The van der Waals surface area contributed by atoms with Gasteiger partial charge < -0.3 is 4.89 Å². The summed E-state index contributed by atoms with van der Waals surface area (Å²) in [6.45, 7) is 6.45. The molecule has 0 saturated carbocycles. The Labute approximate surface area is 130 Å².